The van der Waals surface area contributed by atoms with Gasteiger partial charge in [-0.1, -0.05) is 13.3 Å². The van der Waals surface area contributed by atoms with Gasteiger partial charge in [-0.05, 0) is 25.5 Å². The van der Waals surface area contributed by atoms with Gasteiger partial charge in [0.1, 0.15) is 5.75 Å². The highest BCUT2D eigenvalue weighted by molar-refractivity contribution is 5.53. The van der Waals surface area contributed by atoms with Crippen LogP contribution in [-0.2, 0) is 22.7 Å². The van der Waals surface area contributed by atoms with E-state index in [0.717, 1.165) is 35.4 Å². The number of hydrogen-bond donors (Lipinski definition) is 1. The standard InChI is InChI=1S/C14H21NO3/c1-3-4-10(2)17-8-12-6-13(15)5-11-7-16-9-18-14(11)12/h5-6,10H,3-4,7-9,15H2,1-2H3. The molecule has 0 saturated heterocycles. The van der Waals surface area contributed by atoms with Crippen molar-refractivity contribution in [3.8, 4) is 5.75 Å². The van der Waals surface area contributed by atoms with Crippen molar-refractivity contribution in [2.75, 3.05) is 12.5 Å². The van der Waals surface area contributed by atoms with E-state index in [-0.39, 0.29) is 6.10 Å². The number of ether oxygens (including phenoxy) is 3. The summed E-state index contributed by atoms with van der Waals surface area (Å²) in [4.78, 5) is 0. The zero-order chi connectivity index (χ0) is 13.0. The molecule has 1 aromatic carbocycles. The molecule has 0 radical (unpaired) electrons. The van der Waals surface area contributed by atoms with Crippen LogP contribution >= 0.6 is 0 Å². The van der Waals surface area contributed by atoms with Gasteiger partial charge in [-0.15, -0.1) is 0 Å². The molecule has 1 aliphatic heterocycles. The number of benzene rings is 1. The molecule has 18 heavy (non-hydrogen) atoms. The van der Waals surface area contributed by atoms with E-state index in [1.54, 1.807) is 0 Å². The molecular weight excluding hydrogens is 230 g/mol. The lowest BCUT2D eigenvalue weighted by Gasteiger charge is -2.22. The molecule has 0 aliphatic carbocycles. The van der Waals surface area contributed by atoms with Crippen LogP contribution in [-0.4, -0.2) is 12.9 Å². The largest absolute Gasteiger partial charge is 0.467 e. The minimum Gasteiger partial charge on any atom is -0.467 e. The van der Waals surface area contributed by atoms with Gasteiger partial charge in [0, 0.05) is 16.8 Å². The molecule has 2 rings (SSSR count). The second-order valence-corrected chi connectivity index (χ2v) is 4.69. The average Bonchev–Trinajstić information content (AvgIpc) is 2.36. The molecule has 0 fully saturated rings. The van der Waals surface area contributed by atoms with E-state index in [1.165, 1.54) is 0 Å². The van der Waals surface area contributed by atoms with E-state index in [0.29, 0.717) is 20.0 Å². The molecule has 1 heterocycles. The molecule has 4 nitrogen and oxygen atoms in total. The molecule has 0 amide bonds. The number of rotatable bonds is 5. The zero-order valence-electron chi connectivity index (χ0n) is 11.1. The SMILES string of the molecule is CCCC(C)OCc1cc(N)cc2c1OCOC2. The second kappa shape index (κ2) is 6.07. The predicted molar refractivity (Wildman–Crippen MR) is 70.3 cm³/mol. The normalized spacial score (nSPS) is 15.9. The number of nitrogens with two attached hydrogens (primary N) is 1. The van der Waals surface area contributed by atoms with Gasteiger partial charge in [-0.25, -0.2) is 0 Å². The minimum atomic E-state index is 0.256. The zero-order valence-corrected chi connectivity index (χ0v) is 11.1. The van der Waals surface area contributed by atoms with Gasteiger partial charge in [0.05, 0.1) is 19.3 Å². The summed E-state index contributed by atoms with van der Waals surface area (Å²) in [5.41, 5.74) is 8.62. The van der Waals surface area contributed by atoms with Crippen LogP contribution in [0.3, 0.4) is 0 Å². The Balaban J connectivity index is 2.09. The van der Waals surface area contributed by atoms with Crippen LogP contribution < -0.4 is 10.5 Å². The molecule has 1 unspecified atom stereocenters. The van der Waals surface area contributed by atoms with Crippen molar-refractivity contribution >= 4 is 5.69 Å². The van der Waals surface area contributed by atoms with E-state index in [1.807, 2.05) is 12.1 Å². The average molecular weight is 251 g/mol. The summed E-state index contributed by atoms with van der Waals surface area (Å²) in [7, 11) is 0. The molecule has 0 spiro atoms. The van der Waals surface area contributed by atoms with Crippen molar-refractivity contribution in [3.63, 3.8) is 0 Å². The minimum absolute atomic E-state index is 0.256. The van der Waals surface area contributed by atoms with Crippen LogP contribution in [0.5, 0.6) is 5.75 Å². The van der Waals surface area contributed by atoms with Crippen molar-refractivity contribution in [2.45, 2.75) is 46.0 Å². The van der Waals surface area contributed by atoms with Crippen molar-refractivity contribution in [2.24, 2.45) is 0 Å². The Morgan fingerprint density at radius 2 is 2.28 bits per heavy atom. The molecule has 100 valence electrons. The summed E-state index contributed by atoms with van der Waals surface area (Å²) < 4.78 is 16.6. The topological polar surface area (TPSA) is 53.7 Å². The van der Waals surface area contributed by atoms with Gasteiger partial charge in [0.25, 0.3) is 0 Å². The summed E-state index contributed by atoms with van der Waals surface area (Å²) in [6.07, 6.45) is 2.45. The molecule has 0 bridgehead atoms. The Hall–Kier alpha value is -1.26. The van der Waals surface area contributed by atoms with Gasteiger partial charge < -0.3 is 19.9 Å². The first-order valence-electron chi connectivity index (χ1n) is 6.44. The fraction of sp³-hybridized carbons (Fsp3) is 0.571. The van der Waals surface area contributed by atoms with Crippen LogP contribution in [0.4, 0.5) is 5.69 Å². The van der Waals surface area contributed by atoms with Gasteiger partial charge in [0.2, 0.25) is 0 Å². The third-order valence-electron chi connectivity index (χ3n) is 3.03. The first-order valence-corrected chi connectivity index (χ1v) is 6.44. The Morgan fingerprint density at radius 3 is 3.06 bits per heavy atom. The summed E-state index contributed by atoms with van der Waals surface area (Å²) in [6, 6.07) is 3.82. The summed E-state index contributed by atoms with van der Waals surface area (Å²) in [5, 5.41) is 0. The molecule has 1 atom stereocenters. The third-order valence-corrected chi connectivity index (χ3v) is 3.03. The molecule has 0 saturated carbocycles. The number of nitrogen functional groups attached to an aromatic ring is 1. The van der Waals surface area contributed by atoms with Crippen LogP contribution in [0.15, 0.2) is 12.1 Å². The lowest BCUT2D eigenvalue weighted by atomic mass is 10.1. The highest BCUT2D eigenvalue weighted by Gasteiger charge is 2.16. The maximum Gasteiger partial charge on any atom is 0.189 e. The van der Waals surface area contributed by atoms with E-state index in [2.05, 4.69) is 13.8 Å². The molecule has 0 aromatic heterocycles. The van der Waals surface area contributed by atoms with Gasteiger partial charge in [0.15, 0.2) is 6.79 Å². The molecule has 4 heteroatoms. The number of fused-ring (bicyclic) bond motifs is 1. The van der Waals surface area contributed by atoms with Gasteiger partial charge in [-0.3, -0.25) is 0 Å². The van der Waals surface area contributed by atoms with Crippen molar-refractivity contribution in [1.82, 2.24) is 0 Å². The van der Waals surface area contributed by atoms with Crippen molar-refractivity contribution in [3.05, 3.63) is 23.3 Å². The van der Waals surface area contributed by atoms with Gasteiger partial charge >= 0.3 is 0 Å². The van der Waals surface area contributed by atoms with Crippen LogP contribution in [0, 0.1) is 0 Å². The molecule has 1 aromatic rings. The third kappa shape index (κ3) is 3.15. The fourth-order valence-corrected chi connectivity index (χ4v) is 2.16. The highest BCUT2D eigenvalue weighted by atomic mass is 16.7. The van der Waals surface area contributed by atoms with Gasteiger partial charge in [-0.2, -0.15) is 0 Å². The molecule has 2 N–H and O–H groups in total. The lowest BCUT2D eigenvalue weighted by molar-refractivity contribution is -0.0197. The Morgan fingerprint density at radius 1 is 1.44 bits per heavy atom. The first-order chi connectivity index (χ1) is 8.70. The Kier molecular flexibility index (Phi) is 4.44. The quantitative estimate of drug-likeness (QED) is 0.818. The summed E-state index contributed by atoms with van der Waals surface area (Å²) in [6.45, 7) is 5.63. The summed E-state index contributed by atoms with van der Waals surface area (Å²) in [5.74, 6) is 0.874. The maximum atomic E-state index is 5.88. The van der Waals surface area contributed by atoms with Crippen molar-refractivity contribution < 1.29 is 14.2 Å². The van der Waals surface area contributed by atoms with Crippen LogP contribution in [0.1, 0.15) is 37.8 Å². The van der Waals surface area contributed by atoms with Crippen LogP contribution in [0.2, 0.25) is 0 Å². The highest BCUT2D eigenvalue weighted by Crippen LogP contribution is 2.31. The summed E-state index contributed by atoms with van der Waals surface area (Å²) >= 11 is 0. The number of hydrogen-bond acceptors (Lipinski definition) is 4. The number of anilines is 1. The monoisotopic (exact) mass is 251 g/mol. The van der Waals surface area contributed by atoms with E-state index < -0.39 is 0 Å². The van der Waals surface area contributed by atoms with E-state index in [9.17, 15) is 0 Å². The Labute approximate surface area is 108 Å². The molecular formula is C14H21NO3. The Bertz CT molecular complexity index is 406. The van der Waals surface area contributed by atoms with Crippen LogP contribution in [0.25, 0.3) is 0 Å². The first kappa shape index (κ1) is 13.2. The second-order valence-electron chi connectivity index (χ2n) is 4.69. The lowest BCUT2D eigenvalue weighted by Crippen LogP contribution is -2.15. The van der Waals surface area contributed by atoms with E-state index in [4.69, 9.17) is 19.9 Å². The smallest absolute Gasteiger partial charge is 0.189 e. The predicted octanol–water partition coefficient (Wildman–Crippen LogP) is 2.84. The van der Waals surface area contributed by atoms with Crippen molar-refractivity contribution in [1.29, 1.82) is 0 Å². The molecule has 1 aliphatic rings. The maximum absolute atomic E-state index is 5.88. The fourth-order valence-electron chi connectivity index (χ4n) is 2.16. The van der Waals surface area contributed by atoms with E-state index >= 15 is 0 Å².